The third-order valence-corrected chi connectivity index (χ3v) is 3.51. The van der Waals surface area contributed by atoms with Crippen molar-refractivity contribution in [1.82, 2.24) is 5.32 Å². The summed E-state index contributed by atoms with van der Waals surface area (Å²) in [4.78, 5) is 35.8. The SMILES string of the molecule is CCOC(=O)Nc1ccsc1C(=O)NC(C)(C)C(=O)OCC. The number of carbonyl (C=O) groups excluding carboxylic acids is 3. The Labute approximate surface area is 133 Å². The molecule has 8 heteroatoms. The number of carbonyl (C=O) groups is 3. The van der Waals surface area contributed by atoms with Crippen molar-refractivity contribution in [2.45, 2.75) is 33.2 Å². The fourth-order valence-corrected chi connectivity index (χ4v) is 2.31. The third kappa shape index (κ3) is 4.73. The summed E-state index contributed by atoms with van der Waals surface area (Å²) in [7, 11) is 0. The van der Waals surface area contributed by atoms with Crippen molar-refractivity contribution in [3.8, 4) is 0 Å². The molecule has 0 saturated heterocycles. The molecule has 2 N–H and O–H groups in total. The second-order valence-corrected chi connectivity index (χ2v) is 5.72. The molecule has 22 heavy (non-hydrogen) atoms. The summed E-state index contributed by atoms with van der Waals surface area (Å²) in [5, 5.41) is 6.74. The van der Waals surface area contributed by atoms with Gasteiger partial charge in [0.05, 0.1) is 18.9 Å². The number of hydrogen-bond donors (Lipinski definition) is 2. The van der Waals surface area contributed by atoms with Gasteiger partial charge in [0.25, 0.3) is 5.91 Å². The zero-order valence-corrected chi connectivity index (χ0v) is 13.8. The van der Waals surface area contributed by atoms with Gasteiger partial charge in [0, 0.05) is 0 Å². The van der Waals surface area contributed by atoms with Gasteiger partial charge in [0.15, 0.2) is 0 Å². The molecular weight excluding hydrogens is 308 g/mol. The minimum absolute atomic E-state index is 0.229. The molecule has 2 amide bonds. The number of amides is 2. The molecule has 0 aliphatic rings. The quantitative estimate of drug-likeness (QED) is 0.782. The van der Waals surface area contributed by atoms with E-state index < -0.39 is 23.5 Å². The highest BCUT2D eigenvalue weighted by Crippen LogP contribution is 2.23. The lowest BCUT2D eigenvalue weighted by Gasteiger charge is -2.23. The van der Waals surface area contributed by atoms with Crippen LogP contribution in [0, 0.1) is 0 Å². The monoisotopic (exact) mass is 328 g/mol. The van der Waals surface area contributed by atoms with Gasteiger partial charge in [-0.25, -0.2) is 9.59 Å². The molecule has 0 aliphatic heterocycles. The van der Waals surface area contributed by atoms with Crippen molar-refractivity contribution >= 4 is 35.0 Å². The number of thiophene rings is 1. The highest BCUT2D eigenvalue weighted by molar-refractivity contribution is 7.12. The van der Waals surface area contributed by atoms with Crippen molar-refractivity contribution < 1.29 is 23.9 Å². The van der Waals surface area contributed by atoms with E-state index in [1.165, 1.54) is 0 Å². The van der Waals surface area contributed by atoms with E-state index in [9.17, 15) is 14.4 Å². The molecule has 0 saturated carbocycles. The maximum Gasteiger partial charge on any atom is 0.411 e. The minimum atomic E-state index is -1.17. The van der Waals surface area contributed by atoms with Crippen LogP contribution in [0.1, 0.15) is 37.4 Å². The standard InChI is InChI=1S/C14H20N2O5S/c1-5-20-12(18)14(3,4)16-11(17)10-9(7-8-22-10)15-13(19)21-6-2/h7-8H,5-6H2,1-4H3,(H,15,19)(H,16,17). The molecule has 0 radical (unpaired) electrons. The summed E-state index contributed by atoms with van der Waals surface area (Å²) in [6.45, 7) is 6.93. The predicted octanol–water partition coefficient (Wildman–Crippen LogP) is 2.39. The highest BCUT2D eigenvalue weighted by atomic mass is 32.1. The molecular formula is C14H20N2O5S. The molecule has 0 bridgehead atoms. The second kappa shape index (κ2) is 7.79. The van der Waals surface area contributed by atoms with Crippen molar-refractivity contribution in [1.29, 1.82) is 0 Å². The summed E-state index contributed by atoms with van der Waals surface area (Å²) in [6, 6.07) is 1.59. The van der Waals surface area contributed by atoms with Crippen LogP contribution in [0.25, 0.3) is 0 Å². The number of ether oxygens (including phenoxy) is 2. The Bertz CT molecular complexity index is 553. The first-order valence-electron chi connectivity index (χ1n) is 6.82. The van der Waals surface area contributed by atoms with Gasteiger partial charge in [-0.15, -0.1) is 11.3 Å². The molecule has 0 atom stereocenters. The first kappa shape index (κ1) is 18.0. The Kier molecular flexibility index (Phi) is 6.36. The third-order valence-electron chi connectivity index (χ3n) is 2.60. The van der Waals surface area contributed by atoms with Crippen LogP contribution in [0.4, 0.5) is 10.5 Å². The van der Waals surface area contributed by atoms with E-state index >= 15 is 0 Å². The summed E-state index contributed by atoms with van der Waals surface area (Å²) in [6.07, 6.45) is -0.639. The molecule has 0 spiro atoms. The zero-order valence-electron chi connectivity index (χ0n) is 13.0. The average molecular weight is 328 g/mol. The number of rotatable bonds is 6. The lowest BCUT2D eigenvalue weighted by molar-refractivity contribution is -0.149. The number of nitrogens with one attached hydrogen (secondary N) is 2. The Balaban J connectivity index is 2.80. The van der Waals surface area contributed by atoms with Gasteiger partial charge >= 0.3 is 12.1 Å². The van der Waals surface area contributed by atoms with Crippen LogP contribution in [0.5, 0.6) is 0 Å². The fraction of sp³-hybridized carbons (Fsp3) is 0.500. The maximum atomic E-state index is 12.3. The lowest BCUT2D eigenvalue weighted by atomic mass is 10.1. The van der Waals surface area contributed by atoms with Crippen molar-refractivity contribution in [2.24, 2.45) is 0 Å². The summed E-state index contributed by atoms with van der Waals surface area (Å²) in [5.74, 6) is -1.00. The van der Waals surface area contributed by atoms with Crippen LogP contribution in [-0.2, 0) is 14.3 Å². The number of anilines is 1. The van der Waals surface area contributed by atoms with Crippen LogP contribution in [0.2, 0.25) is 0 Å². The van der Waals surface area contributed by atoms with E-state index in [0.29, 0.717) is 5.69 Å². The molecule has 1 aromatic rings. The van der Waals surface area contributed by atoms with Gasteiger partial charge in [-0.05, 0) is 39.1 Å². The van der Waals surface area contributed by atoms with E-state index in [-0.39, 0.29) is 18.1 Å². The Morgan fingerprint density at radius 2 is 1.82 bits per heavy atom. The first-order valence-corrected chi connectivity index (χ1v) is 7.70. The summed E-state index contributed by atoms with van der Waals surface area (Å²) < 4.78 is 9.68. The zero-order chi connectivity index (χ0) is 16.8. The molecule has 1 heterocycles. The van der Waals surface area contributed by atoms with E-state index in [4.69, 9.17) is 9.47 Å². The first-order chi connectivity index (χ1) is 10.3. The topological polar surface area (TPSA) is 93.7 Å². The maximum absolute atomic E-state index is 12.3. The second-order valence-electron chi connectivity index (χ2n) is 4.81. The molecule has 0 aromatic carbocycles. The molecule has 1 aromatic heterocycles. The minimum Gasteiger partial charge on any atom is -0.464 e. The predicted molar refractivity (Wildman–Crippen MR) is 83.1 cm³/mol. The van der Waals surface area contributed by atoms with Crippen LogP contribution in [0.15, 0.2) is 11.4 Å². The molecule has 0 unspecified atom stereocenters. The Morgan fingerprint density at radius 1 is 1.18 bits per heavy atom. The van der Waals surface area contributed by atoms with E-state index in [2.05, 4.69) is 10.6 Å². The smallest absolute Gasteiger partial charge is 0.411 e. The summed E-state index contributed by atoms with van der Waals surface area (Å²) >= 11 is 1.15. The molecule has 0 aliphatic carbocycles. The van der Waals surface area contributed by atoms with Gasteiger partial charge in [-0.2, -0.15) is 0 Å². The number of hydrogen-bond acceptors (Lipinski definition) is 6. The van der Waals surface area contributed by atoms with Crippen molar-refractivity contribution in [3.63, 3.8) is 0 Å². The largest absolute Gasteiger partial charge is 0.464 e. The molecule has 122 valence electrons. The Morgan fingerprint density at radius 3 is 2.41 bits per heavy atom. The highest BCUT2D eigenvalue weighted by Gasteiger charge is 2.32. The van der Waals surface area contributed by atoms with Crippen LogP contribution < -0.4 is 10.6 Å². The van der Waals surface area contributed by atoms with Crippen LogP contribution >= 0.6 is 11.3 Å². The van der Waals surface area contributed by atoms with Gasteiger partial charge in [0.1, 0.15) is 10.4 Å². The molecule has 0 fully saturated rings. The van der Waals surface area contributed by atoms with E-state index in [0.717, 1.165) is 11.3 Å². The molecule has 1 rings (SSSR count). The summed E-state index contributed by atoms with van der Waals surface area (Å²) in [5.41, 5.74) is -0.834. The Hall–Kier alpha value is -2.09. The normalized spacial score (nSPS) is 10.7. The van der Waals surface area contributed by atoms with E-state index in [1.54, 1.807) is 39.1 Å². The average Bonchev–Trinajstić information content (AvgIpc) is 2.86. The van der Waals surface area contributed by atoms with Gasteiger partial charge in [-0.1, -0.05) is 0 Å². The van der Waals surface area contributed by atoms with Crippen LogP contribution in [0.3, 0.4) is 0 Å². The van der Waals surface area contributed by atoms with Crippen molar-refractivity contribution in [3.05, 3.63) is 16.3 Å². The van der Waals surface area contributed by atoms with Gasteiger partial charge in [-0.3, -0.25) is 10.1 Å². The van der Waals surface area contributed by atoms with Crippen molar-refractivity contribution in [2.75, 3.05) is 18.5 Å². The number of esters is 1. The van der Waals surface area contributed by atoms with Crippen LogP contribution in [-0.4, -0.2) is 36.7 Å². The van der Waals surface area contributed by atoms with E-state index in [1.807, 2.05) is 0 Å². The van der Waals surface area contributed by atoms with Gasteiger partial charge < -0.3 is 14.8 Å². The lowest BCUT2D eigenvalue weighted by Crippen LogP contribution is -2.50. The fourth-order valence-electron chi connectivity index (χ4n) is 1.56. The molecule has 7 nitrogen and oxygen atoms in total. The van der Waals surface area contributed by atoms with Gasteiger partial charge in [0.2, 0.25) is 0 Å².